The van der Waals surface area contributed by atoms with Crippen LogP contribution in [0.3, 0.4) is 0 Å². The summed E-state index contributed by atoms with van der Waals surface area (Å²) in [7, 11) is 0. The first-order valence-corrected chi connectivity index (χ1v) is 7.85. The largest absolute Gasteiger partial charge is 0.388 e. The van der Waals surface area contributed by atoms with Gasteiger partial charge in [-0.25, -0.2) is 4.98 Å². The standard InChI is InChI=1S/C16H22N2OS/c1-5-11-9-17-7-6-12(11)13(19)8-15-18-14(10-20-15)16(2,3)4/h6-7,9-10,13,19H,5,8H2,1-4H3. The van der Waals surface area contributed by atoms with Gasteiger partial charge in [0.1, 0.15) is 0 Å². The molecule has 2 aromatic rings. The van der Waals surface area contributed by atoms with E-state index in [1.165, 1.54) is 0 Å². The van der Waals surface area contributed by atoms with Crippen molar-refractivity contribution in [3.8, 4) is 0 Å². The van der Waals surface area contributed by atoms with E-state index in [0.717, 1.165) is 28.2 Å². The lowest BCUT2D eigenvalue weighted by atomic mass is 9.93. The summed E-state index contributed by atoms with van der Waals surface area (Å²) in [6.45, 7) is 8.54. The van der Waals surface area contributed by atoms with Crippen molar-refractivity contribution in [2.45, 2.75) is 52.1 Å². The minimum Gasteiger partial charge on any atom is -0.388 e. The van der Waals surface area contributed by atoms with Crippen molar-refractivity contribution in [3.63, 3.8) is 0 Å². The molecule has 0 fully saturated rings. The maximum absolute atomic E-state index is 10.4. The second kappa shape index (κ2) is 6.02. The van der Waals surface area contributed by atoms with Crippen molar-refractivity contribution in [1.82, 2.24) is 9.97 Å². The van der Waals surface area contributed by atoms with E-state index in [-0.39, 0.29) is 5.41 Å². The van der Waals surface area contributed by atoms with E-state index in [0.29, 0.717) is 6.42 Å². The van der Waals surface area contributed by atoms with E-state index in [1.54, 1.807) is 17.5 Å². The Labute approximate surface area is 124 Å². The van der Waals surface area contributed by atoms with E-state index in [4.69, 9.17) is 0 Å². The fourth-order valence-electron chi connectivity index (χ4n) is 2.08. The Morgan fingerprint density at radius 3 is 2.70 bits per heavy atom. The Morgan fingerprint density at radius 2 is 2.10 bits per heavy atom. The monoisotopic (exact) mass is 290 g/mol. The van der Waals surface area contributed by atoms with Gasteiger partial charge < -0.3 is 5.11 Å². The van der Waals surface area contributed by atoms with Crippen molar-refractivity contribution in [2.24, 2.45) is 0 Å². The van der Waals surface area contributed by atoms with Gasteiger partial charge >= 0.3 is 0 Å². The molecular weight excluding hydrogens is 268 g/mol. The summed E-state index contributed by atoms with van der Waals surface area (Å²) in [6, 6.07) is 1.90. The predicted octanol–water partition coefficient (Wildman–Crippen LogP) is 3.67. The number of hydrogen-bond donors (Lipinski definition) is 1. The molecule has 0 aliphatic rings. The molecule has 108 valence electrons. The molecule has 1 N–H and O–H groups in total. The third kappa shape index (κ3) is 3.44. The highest BCUT2D eigenvalue weighted by molar-refractivity contribution is 7.09. The molecule has 0 bridgehead atoms. The first kappa shape index (κ1) is 15.1. The van der Waals surface area contributed by atoms with E-state index < -0.39 is 6.10 Å². The number of aliphatic hydroxyl groups is 1. The number of hydrogen-bond acceptors (Lipinski definition) is 4. The predicted molar refractivity (Wildman–Crippen MR) is 83.1 cm³/mol. The van der Waals surface area contributed by atoms with Crippen LogP contribution < -0.4 is 0 Å². The topological polar surface area (TPSA) is 46.0 Å². The molecule has 0 radical (unpaired) electrons. The lowest BCUT2D eigenvalue weighted by Crippen LogP contribution is -2.12. The summed E-state index contributed by atoms with van der Waals surface area (Å²) in [4.78, 5) is 8.76. The third-order valence-corrected chi connectivity index (χ3v) is 4.24. The molecule has 20 heavy (non-hydrogen) atoms. The second-order valence-electron chi connectivity index (χ2n) is 6.02. The number of pyridine rings is 1. The number of rotatable bonds is 4. The van der Waals surface area contributed by atoms with Crippen LogP contribution >= 0.6 is 11.3 Å². The maximum atomic E-state index is 10.4. The van der Waals surface area contributed by atoms with E-state index >= 15 is 0 Å². The molecule has 4 heteroatoms. The zero-order valence-electron chi connectivity index (χ0n) is 12.6. The molecule has 2 aromatic heterocycles. The van der Waals surface area contributed by atoms with E-state index in [1.807, 2.05) is 12.3 Å². The van der Waals surface area contributed by atoms with Gasteiger partial charge in [-0.3, -0.25) is 4.98 Å². The molecule has 1 unspecified atom stereocenters. The Hall–Kier alpha value is -1.26. The van der Waals surface area contributed by atoms with Crippen molar-refractivity contribution in [2.75, 3.05) is 0 Å². The van der Waals surface area contributed by atoms with Crippen LogP contribution in [-0.4, -0.2) is 15.1 Å². The molecule has 0 aliphatic carbocycles. The quantitative estimate of drug-likeness (QED) is 0.934. The number of thiazole rings is 1. The number of aryl methyl sites for hydroxylation is 1. The molecule has 2 rings (SSSR count). The summed E-state index contributed by atoms with van der Waals surface area (Å²) in [5.74, 6) is 0. The molecular formula is C16H22N2OS. The summed E-state index contributed by atoms with van der Waals surface area (Å²) >= 11 is 1.63. The first-order chi connectivity index (χ1) is 9.41. The number of aliphatic hydroxyl groups excluding tert-OH is 1. The highest BCUT2D eigenvalue weighted by atomic mass is 32.1. The zero-order valence-corrected chi connectivity index (χ0v) is 13.4. The highest BCUT2D eigenvalue weighted by Gasteiger charge is 2.19. The van der Waals surface area contributed by atoms with Crippen molar-refractivity contribution in [3.05, 3.63) is 45.7 Å². The molecule has 0 aliphatic heterocycles. The molecule has 1 atom stereocenters. The molecule has 2 heterocycles. The van der Waals surface area contributed by atoms with E-state index in [2.05, 4.69) is 43.0 Å². The molecule has 0 spiro atoms. The third-order valence-electron chi connectivity index (χ3n) is 3.37. The molecule has 3 nitrogen and oxygen atoms in total. The van der Waals surface area contributed by atoms with Crippen LogP contribution in [0.15, 0.2) is 23.8 Å². The van der Waals surface area contributed by atoms with Gasteiger partial charge in [0.15, 0.2) is 0 Å². The fourth-order valence-corrected chi connectivity index (χ4v) is 3.14. The van der Waals surface area contributed by atoms with Crippen LogP contribution in [0, 0.1) is 0 Å². The van der Waals surface area contributed by atoms with Crippen LogP contribution in [0.4, 0.5) is 0 Å². The zero-order chi connectivity index (χ0) is 14.8. The Bertz CT molecular complexity index is 572. The second-order valence-corrected chi connectivity index (χ2v) is 6.97. The minimum absolute atomic E-state index is 0.0605. The Kier molecular flexibility index (Phi) is 4.55. The molecule has 0 amide bonds. The van der Waals surface area contributed by atoms with Crippen molar-refractivity contribution in [1.29, 1.82) is 0 Å². The van der Waals surface area contributed by atoms with Crippen LogP contribution in [0.25, 0.3) is 0 Å². The summed E-state index contributed by atoms with van der Waals surface area (Å²) < 4.78 is 0. The fraction of sp³-hybridized carbons (Fsp3) is 0.500. The molecule has 0 saturated carbocycles. The van der Waals surface area contributed by atoms with Crippen LogP contribution in [0.1, 0.15) is 55.6 Å². The Balaban J connectivity index is 2.15. The van der Waals surface area contributed by atoms with Gasteiger partial charge in [0, 0.05) is 29.6 Å². The lowest BCUT2D eigenvalue weighted by molar-refractivity contribution is 0.177. The Morgan fingerprint density at radius 1 is 1.35 bits per heavy atom. The van der Waals surface area contributed by atoms with Gasteiger partial charge in [-0.2, -0.15) is 0 Å². The average Bonchev–Trinajstić information content (AvgIpc) is 2.87. The number of aromatic nitrogens is 2. The smallest absolute Gasteiger partial charge is 0.0957 e. The lowest BCUT2D eigenvalue weighted by Gasteiger charge is -2.15. The summed E-state index contributed by atoms with van der Waals surface area (Å²) in [5, 5.41) is 13.5. The average molecular weight is 290 g/mol. The van der Waals surface area contributed by atoms with Crippen LogP contribution in [-0.2, 0) is 18.3 Å². The highest BCUT2D eigenvalue weighted by Crippen LogP contribution is 2.27. The van der Waals surface area contributed by atoms with Gasteiger partial charge in [0.25, 0.3) is 0 Å². The van der Waals surface area contributed by atoms with Gasteiger partial charge in [-0.1, -0.05) is 27.7 Å². The van der Waals surface area contributed by atoms with Gasteiger partial charge in [0.05, 0.1) is 16.8 Å². The first-order valence-electron chi connectivity index (χ1n) is 6.97. The van der Waals surface area contributed by atoms with Crippen LogP contribution in [0.2, 0.25) is 0 Å². The van der Waals surface area contributed by atoms with Crippen molar-refractivity contribution >= 4 is 11.3 Å². The molecule has 0 saturated heterocycles. The SMILES string of the molecule is CCc1cnccc1C(O)Cc1nc(C(C)(C)C)cs1. The molecule has 0 aromatic carbocycles. The normalized spacial score (nSPS) is 13.4. The number of nitrogens with zero attached hydrogens (tertiary/aromatic N) is 2. The summed E-state index contributed by atoms with van der Waals surface area (Å²) in [6.07, 6.45) is 4.51. The van der Waals surface area contributed by atoms with Gasteiger partial charge in [-0.15, -0.1) is 11.3 Å². The van der Waals surface area contributed by atoms with Crippen LogP contribution in [0.5, 0.6) is 0 Å². The van der Waals surface area contributed by atoms with Gasteiger partial charge in [0.2, 0.25) is 0 Å². The van der Waals surface area contributed by atoms with Gasteiger partial charge in [-0.05, 0) is 23.6 Å². The summed E-state index contributed by atoms with van der Waals surface area (Å²) in [5.41, 5.74) is 3.23. The van der Waals surface area contributed by atoms with E-state index in [9.17, 15) is 5.11 Å². The minimum atomic E-state index is -0.507. The van der Waals surface area contributed by atoms with Crippen molar-refractivity contribution < 1.29 is 5.11 Å². The maximum Gasteiger partial charge on any atom is 0.0957 e.